The van der Waals surface area contributed by atoms with Gasteiger partial charge in [-0.1, -0.05) is 36.0 Å². The maximum atomic E-state index is 13.1. The third kappa shape index (κ3) is 5.28. The van der Waals surface area contributed by atoms with Crippen LogP contribution in [0.1, 0.15) is 21.8 Å². The van der Waals surface area contributed by atoms with E-state index in [1.54, 1.807) is 36.3 Å². The number of rotatable bonds is 9. The number of amides is 1. The van der Waals surface area contributed by atoms with Gasteiger partial charge in [0.15, 0.2) is 5.76 Å². The molecule has 0 saturated heterocycles. The van der Waals surface area contributed by atoms with E-state index in [1.165, 1.54) is 0 Å². The maximum Gasteiger partial charge on any atom is 0.291 e. The zero-order valence-corrected chi connectivity index (χ0v) is 18.8. The molecular weight excluding hydrogens is 432 g/mol. The van der Waals surface area contributed by atoms with Gasteiger partial charge in [-0.25, -0.2) is 4.98 Å². The lowest BCUT2D eigenvalue weighted by Crippen LogP contribution is -2.13. The Kier molecular flexibility index (Phi) is 6.91. The summed E-state index contributed by atoms with van der Waals surface area (Å²) in [4.78, 5) is 17.6. The summed E-state index contributed by atoms with van der Waals surface area (Å²) >= 11 is 3.20. The average Bonchev–Trinajstić information content (AvgIpc) is 3.36. The summed E-state index contributed by atoms with van der Waals surface area (Å²) in [6, 6.07) is 15.0. The molecule has 4 rings (SSSR count). The molecule has 1 amide bonds. The van der Waals surface area contributed by atoms with Gasteiger partial charge < -0.3 is 19.2 Å². The highest BCUT2D eigenvalue weighted by Crippen LogP contribution is 2.33. The molecule has 4 aromatic rings. The third-order valence-electron chi connectivity index (χ3n) is 4.49. The second-order valence-electron chi connectivity index (χ2n) is 6.77. The van der Waals surface area contributed by atoms with Crippen molar-refractivity contribution in [2.24, 2.45) is 0 Å². The number of para-hydroxylation sites is 1. The summed E-state index contributed by atoms with van der Waals surface area (Å²) in [6.07, 6.45) is 0. The second-order valence-corrected chi connectivity index (χ2v) is 8.85. The first-order valence-corrected chi connectivity index (χ1v) is 11.6. The molecule has 0 fully saturated rings. The van der Waals surface area contributed by atoms with Gasteiger partial charge in [-0.3, -0.25) is 4.79 Å². The van der Waals surface area contributed by atoms with Crippen LogP contribution in [-0.4, -0.2) is 31.2 Å². The number of carbonyl (C=O) groups excluding carboxylic acids is 1. The minimum atomic E-state index is -0.295. The van der Waals surface area contributed by atoms with Gasteiger partial charge in [0, 0.05) is 46.6 Å². The molecule has 2 aromatic carbocycles. The lowest BCUT2D eigenvalue weighted by atomic mass is 10.1. The van der Waals surface area contributed by atoms with Gasteiger partial charge in [0.05, 0.1) is 6.61 Å². The fourth-order valence-electron chi connectivity index (χ4n) is 3.05. The Labute approximate surface area is 188 Å². The van der Waals surface area contributed by atoms with Crippen molar-refractivity contribution in [3.05, 3.63) is 70.9 Å². The van der Waals surface area contributed by atoms with E-state index in [4.69, 9.17) is 13.9 Å². The molecule has 31 heavy (non-hydrogen) atoms. The first-order chi connectivity index (χ1) is 15.1. The van der Waals surface area contributed by atoms with Crippen LogP contribution in [0, 0.1) is 6.92 Å². The monoisotopic (exact) mass is 454 g/mol. The number of hydrogen-bond acceptors (Lipinski definition) is 7. The number of anilines is 1. The Bertz CT molecular complexity index is 1190. The molecule has 8 heteroatoms. The Morgan fingerprint density at radius 2 is 2.06 bits per heavy atom. The molecule has 0 aliphatic carbocycles. The molecule has 2 heterocycles. The smallest absolute Gasteiger partial charge is 0.291 e. The van der Waals surface area contributed by atoms with Crippen molar-refractivity contribution in [1.82, 2.24) is 4.98 Å². The predicted octanol–water partition coefficient (Wildman–Crippen LogP) is 5.77. The van der Waals surface area contributed by atoms with Gasteiger partial charge in [-0.2, -0.15) is 0 Å². The number of fused-ring (bicyclic) bond motifs is 1. The fraction of sp³-hybridized carbons (Fsp3) is 0.217. The van der Waals surface area contributed by atoms with Crippen LogP contribution >= 0.6 is 23.1 Å². The van der Waals surface area contributed by atoms with Gasteiger partial charge >= 0.3 is 0 Å². The number of aryl methyl sites for hydroxylation is 1. The van der Waals surface area contributed by atoms with Crippen LogP contribution in [0.5, 0.6) is 5.75 Å². The van der Waals surface area contributed by atoms with E-state index in [2.05, 4.69) is 10.3 Å². The SMILES string of the molecule is COCCOc1cccc(NC(=O)c2oc3ccccc3c2CSc2nc(C)cs2)c1. The summed E-state index contributed by atoms with van der Waals surface area (Å²) in [7, 11) is 1.62. The van der Waals surface area contributed by atoms with Crippen molar-refractivity contribution < 1.29 is 18.7 Å². The number of methoxy groups -OCH3 is 1. The van der Waals surface area contributed by atoms with Gasteiger partial charge in [0.25, 0.3) is 5.91 Å². The molecule has 0 bridgehead atoms. The van der Waals surface area contributed by atoms with Crippen molar-refractivity contribution in [2.45, 2.75) is 17.0 Å². The van der Waals surface area contributed by atoms with Gasteiger partial charge in [-0.15, -0.1) is 11.3 Å². The molecule has 6 nitrogen and oxygen atoms in total. The lowest BCUT2D eigenvalue weighted by Gasteiger charge is -2.09. The minimum absolute atomic E-state index is 0.295. The minimum Gasteiger partial charge on any atom is -0.491 e. The van der Waals surface area contributed by atoms with Crippen LogP contribution < -0.4 is 10.1 Å². The third-order valence-corrected chi connectivity index (χ3v) is 6.66. The van der Waals surface area contributed by atoms with E-state index in [1.807, 2.05) is 54.8 Å². The zero-order valence-electron chi connectivity index (χ0n) is 17.2. The first-order valence-electron chi connectivity index (χ1n) is 9.72. The molecule has 0 atom stereocenters. The number of aromatic nitrogens is 1. The number of thioether (sulfide) groups is 1. The number of carbonyl (C=O) groups is 1. The number of thiazole rings is 1. The van der Waals surface area contributed by atoms with Crippen molar-refractivity contribution in [3.8, 4) is 5.75 Å². The summed E-state index contributed by atoms with van der Waals surface area (Å²) in [5.74, 6) is 1.27. The molecule has 0 aliphatic rings. The number of hydrogen-bond donors (Lipinski definition) is 1. The van der Waals surface area contributed by atoms with Crippen LogP contribution in [0.3, 0.4) is 0 Å². The summed E-state index contributed by atoms with van der Waals surface area (Å²) < 4.78 is 17.5. The summed E-state index contributed by atoms with van der Waals surface area (Å²) in [5.41, 5.74) is 3.18. The van der Waals surface area contributed by atoms with Gasteiger partial charge in [0.2, 0.25) is 0 Å². The summed E-state index contributed by atoms with van der Waals surface area (Å²) in [6.45, 7) is 2.91. The normalized spacial score (nSPS) is 11.0. The molecule has 2 aromatic heterocycles. The molecule has 0 aliphatic heterocycles. The lowest BCUT2D eigenvalue weighted by molar-refractivity contribution is 0.0998. The predicted molar refractivity (Wildman–Crippen MR) is 124 cm³/mol. The molecule has 0 radical (unpaired) electrons. The Hall–Kier alpha value is -2.81. The maximum absolute atomic E-state index is 13.1. The average molecular weight is 455 g/mol. The summed E-state index contributed by atoms with van der Waals surface area (Å²) in [5, 5.41) is 5.88. The van der Waals surface area contributed by atoms with E-state index >= 15 is 0 Å². The number of ether oxygens (including phenoxy) is 2. The van der Waals surface area contributed by atoms with Crippen LogP contribution in [0.15, 0.2) is 62.7 Å². The molecule has 0 spiro atoms. The quantitative estimate of drug-likeness (QED) is 0.256. The molecule has 0 unspecified atom stereocenters. The Morgan fingerprint density at radius 3 is 2.87 bits per heavy atom. The molecule has 160 valence electrons. The number of benzene rings is 2. The highest BCUT2D eigenvalue weighted by atomic mass is 32.2. The topological polar surface area (TPSA) is 73.6 Å². The van der Waals surface area contributed by atoms with Crippen LogP contribution in [0.4, 0.5) is 5.69 Å². The van der Waals surface area contributed by atoms with E-state index < -0.39 is 0 Å². The number of nitrogens with one attached hydrogen (secondary N) is 1. The van der Waals surface area contributed by atoms with Crippen LogP contribution in [0.25, 0.3) is 11.0 Å². The highest BCUT2D eigenvalue weighted by Gasteiger charge is 2.21. The molecule has 1 N–H and O–H groups in total. The number of furan rings is 1. The highest BCUT2D eigenvalue weighted by molar-refractivity contribution is 8.00. The number of nitrogens with zero attached hydrogens (tertiary/aromatic N) is 1. The largest absolute Gasteiger partial charge is 0.491 e. The standard InChI is InChI=1S/C23H22N2O4S2/c1-15-13-30-23(24-15)31-14-19-18-8-3-4-9-20(18)29-21(19)22(26)25-16-6-5-7-17(12-16)28-11-10-27-2/h3-9,12-13H,10-11,14H2,1-2H3,(H,25,26). The first kappa shape index (κ1) is 21.4. The van der Waals surface area contributed by atoms with E-state index in [9.17, 15) is 4.79 Å². The fourth-order valence-corrected chi connectivity index (χ4v) is 4.93. The zero-order chi connectivity index (χ0) is 21.6. The second kappa shape index (κ2) is 10.00. The van der Waals surface area contributed by atoms with Crippen LogP contribution in [-0.2, 0) is 10.5 Å². The van der Waals surface area contributed by atoms with Crippen molar-refractivity contribution in [3.63, 3.8) is 0 Å². The Morgan fingerprint density at radius 1 is 1.19 bits per heavy atom. The molecule has 0 saturated carbocycles. The van der Waals surface area contributed by atoms with Crippen molar-refractivity contribution in [1.29, 1.82) is 0 Å². The Balaban J connectivity index is 1.55. The van der Waals surface area contributed by atoms with Gasteiger partial charge in [0.1, 0.15) is 22.3 Å². The van der Waals surface area contributed by atoms with Crippen LogP contribution in [0.2, 0.25) is 0 Å². The van der Waals surface area contributed by atoms with E-state index in [0.717, 1.165) is 21.0 Å². The van der Waals surface area contributed by atoms with E-state index in [-0.39, 0.29) is 5.91 Å². The molecular formula is C23H22N2O4S2. The van der Waals surface area contributed by atoms with Crippen molar-refractivity contribution >= 4 is 45.7 Å². The van der Waals surface area contributed by atoms with Gasteiger partial charge in [-0.05, 0) is 25.1 Å². The van der Waals surface area contributed by atoms with E-state index in [0.29, 0.717) is 41.7 Å². The van der Waals surface area contributed by atoms with Crippen molar-refractivity contribution in [2.75, 3.05) is 25.6 Å².